The van der Waals surface area contributed by atoms with E-state index in [9.17, 15) is 4.79 Å². The molecule has 88 valence electrons. The van der Waals surface area contributed by atoms with Crippen LogP contribution in [-0.2, 0) is 17.6 Å². The number of nitrogens with zero attached hydrogens (tertiary/aromatic N) is 2. The topological polar surface area (TPSA) is 42.9 Å². The first-order valence-corrected chi connectivity index (χ1v) is 6.83. The van der Waals surface area contributed by atoms with Gasteiger partial charge in [0.15, 0.2) is 0 Å². The summed E-state index contributed by atoms with van der Waals surface area (Å²) in [7, 11) is 0. The Morgan fingerprint density at radius 2 is 2.24 bits per heavy atom. The summed E-state index contributed by atoms with van der Waals surface area (Å²) in [4.78, 5) is 20.1. The second-order valence-corrected chi connectivity index (χ2v) is 5.64. The Morgan fingerprint density at radius 3 is 2.88 bits per heavy atom. The fourth-order valence-corrected chi connectivity index (χ4v) is 2.71. The molecule has 0 amide bonds. The maximum absolute atomic E-state index is 11.8. The molecule has 2 aromatic heterocycles. The summed E-state index contributed by atoms with van der Waals surface area (Å²) in [6, 6.07) is 1.91. The van der Waals surface area contributed by atoms with Gasteiger partial charge < -0.3 is 0 Å². The zero-order valence-corrected chi connectivity index (χ0v) is 11.7. The summed E-state index contributed by atoms with van der Waals surface area (Å²) >= 11 is 4.87. The summed E-state index contributed by atoms with van der Waals surface area (Å²) in [5, 5.41) is 2.85. The van der Waals surface area contributed by atoms with Crippen LogP contribution in [0, 0.1) is 6.92 Å². The molecule has 0 aliphatic carbocycles. The van der Waals surface area contributed by atoms with Crippen LogP contribution in [-0.4, -0.2) is 15.8 Å². The average Bonchev–Trinajstić information content (AvgIpc) is 2.63. The highest BCUT2D eigenvalue weighted by molar-refractivity contribution is 9.10. The first kappa shape index (κ1) is 12.4. The molecule has 17 heavy (non-hydrogen) atoms. The van der Waals surface area contributed by atoms with E-state index < -0.39 is 0 Å². The van der Waals surface area contributed by atoms with Crippen molar-refractivity contribution in [1.82, 2.24) is 9.97 Å². The van der Waals surface area contributed by atoms with Crippen LogP contribution in [0.4, 0.5) is 0 Å². The molecule has 3 nitrogen and oxygen atoms in total. The minimum atomic E-state index is 0.166. The highest BCUT2D eigenvalue weighted by Gasteiger charge is 2.08. The van der Waals surface area contributed by atoms with Crippen LogP contribution in [0.2, 0.25) is 0 Å². The van der Waals surface area contributed by atoms with Crippen LogP contribution >= 0.6 is 27.3 Å². The highest BCUT2D eigenvalue weighted by atomic mass is 79.9. The lowest BCUT2D eigenvalue weighted by Crippen LogP contribution is -2.06. The molecule has 0 N–H and O–H groups in total. The third kappa shape index (κ3) is 3.71. The van der Waals surface area contributed by atoms with E-state index in [-0.39, 0.29) is 5.78 Å². The molecule has 0 saturated carbocycles. The maximum atomic E-state index is 11.8. The van der Waals surface area contributed by atoms with Gasteiger partial charge in [-0.25, -0.2) is 4.98 Å². The smallest absolute Gasteiger partial charge is 0.144 e. The van der Waals surface area contributed by atoms with Crippen molar-refractivity contribution in [2.45, 2.75) is 19.8 Å². The van der Waals surface area contributed by atoms with E-state index in [2.05, 4.69) is 25.9 Å². The molecule has 0 saturated heterocycles. The largest absolute Gasteiger partial charge is 0.299 e. The number of Topliss-reactive ketones (excluding diaryl/α,β-unsaturated/α-hetero) is 1. The van der Waals surface area contributed by atoms with Crippen molar-refractivity contribution in [3.05, 3.63) is 44.6 Å². The Morgan fingerprint density at radius 1 is 1.41 bits per heavy atom. The number of hydrogen-bond acceptors (Lipinski definition) is 4. The van der Waals surface area contributed by atoms with Crippen molar-refractivity contribution < 1.29 is 4.79 Å². The number of halogens is 1. The van der Waals surface area contributed by atoms with Gasteiger partial charge in [-0.3, -0.25) is 9.78 Å². The molecule has 5 heteroatoms. The highest BCUT2D eigenvalue weighted by Crippen LogP contribution is 2.13. The van der Waals surface area contributed by atoms with Gasteiger partial charge in [-0.1, -0.05) is 0 Å². The quantitative estimate of drug-likeness (QED) is 0.872. The van der Waals surface area contributed by atoms with Gasteiger partial charge in [0.25, 0.3) is 0 Å². The molecule has 0 aliphatic rings. The van der Waals surface area contributed by atoms with Crippen molar-refractivity contribution in [1.29, 1.82) is 0 Å². The number of pyridine rings is 1. The van der Waals surface area contributed by atoms with Crippen molar-refractivity contribution in [2.75, 3.05) is 0 Å². The Bertz CT molecular complexity index is 539. The molecule has 0 fully saturated rings. The minimum absolute atomic E-state index is 0.166. The lowest BCUT2D eigenvalue weighted by Gasteiger charge is -1.99. The second kappa shape index (κ2) is 5.51. The Balaban J connectivity index is 1.98. The van der Waals surface area contributed by atoms with E-state index in [1.54, 1.807) is 12.4 Å². The van der Waals surface area contributed by atoms with Crippen LogP contribution < -0.4 is 0 Å². The number of ketones is 1. The van der Waals surface area contributed by atoms with Crippen LogP contribution in [0.25, 0.3) is 0 Å². The van der Waals surface area contributed by atoms with Crippen molar-refractivity contribution in [3.8, 4) is 0 Å². The SMILES string of the molecule is Cc1csc(CC(=O)Cc2cncc(Br)c2)n1. The van der Waals surface area contributed by atoms with Crippen molar-refractivity contribution in [2.24, 2.45) is 0 Å². The summed E-state index contributed by atoms with van der Waals surface area (Å²) in [6.07, 6.45) is 4.24. The Hall–Kier alpha value is -1.07. The van der Waals surface area contributed by atoms with Gasteiger partial charge in [-0.2, -0.15) is 0 Å². The van der Waals surface area contributed by atoms with E-state index >= 15 is 0 Å². The second-order valence-electron chi connectivity index (χ2n) is 3.79. The van der Waals surface area contributed by atoms with Crippen molar-refractivity contribution in [3.63, 3.8) is 0 Å². The summed E-state index contributed by atoms with van der Waals surface area (Å²) < 4.78 is 0.896. The van der Waals surface area contributed by atoms with Crippen LogP contribution in [0.3, 0.4) is 0 Å². The normalized spacial score (nSPS) is 10.5. The fraction of sp³-hybridized carbons (Fsp3) is 0.250. The zero-order valence-electron chi connectivity index (χ0n) is 9.31. The predicted molar refractivity (Wildman–Crippen MR) is 71.2 cm³/mol. The molecule has 0 aliphatic heterocycles. The molecule has 0 radical (unpaired) electrons. The van der Waals surface area contributed by atoms with E-state index in [0.717, 1.165) is 20.7 Å². The van der Waals surface area contributed by atoms with Gasteiger partial charge in [0.05, 0.1) is 6.42 Å². The number of rotatable bonds is 4. The maximum Gasteiger partial charge on any atom is 0.144 e. The molecule has 0 spiro atoms. The number of hydrogen-bond donors (Lipinski definition) is 0. The first-order valence-electron chi connectivity index (χ1n) is 5.15. The molecular formula is C12H11BrN2OS. The molecule has 0 unspecified atom stereocenters. The fourth-order valence-electron chi connectivity index (χ4n) is 1.50. The number of carbonyl (C=O) groups is 1. The third-order valence-corrected chi connectivity index (χ3v) is 3.58. The first-order chi connectivity index (χ1) is 8.13. The van der Waals surface area contributed by atoms with Gasteiger partial charge in [-0.15, -0.1) is 11.3 Å². The van der Waals surface area contributed by atoms with Gasteiger partial charge in [0.1, 0.15) is 10.8 Å². The molecule has 0 bridgehead atoms. The lowest BCUT2D eigenvalue weighted by molar-refractivity contribution is -0.117. The van der Waals surface area contributed by atoms with Gasteiger partial charge in [0, 0.05) is 34.4 Å². The summed E-state index contributed by atoms with van der Waals surface area (Å²) in [6.45, 7) is 1.93. The number of aryl methyl sites for hydroxylation is 1. The Kier molecular flexibility index (Phi) is 4.02. The molecular weight excluding hydrogens is 300 g/mol. The van der Waals surface area contributed by atoms with Gasteiger partial charge >= 0.3 is 0 Å². The van der Waals surface area contributed by atoms with E-state index in [1.807, 2.05) is 18.4 Å². The monoisotopic (exact) mass is 310 g/mol. The number of aromatic nitrogens is 2. The van der Waals surface area contributed by atoms with Crippen molar-refractivity contribution >= 4 is 33.0 Å². The van der Waals surface area contributed by atoms with Crippen LogP contribution in [0.1, 0.15) is 16.3 Å². The number of carbonyl (C=O) groups excluding carboxylic acids is 1. The predicted octanol–water partition coefficient (Wildman–Crippen LogP) is 2.96. The summed E-state index contributed by atoms with van der Waals surface area (Å²) in [5.41, 5.74) is 1.90. The molecule has 2 rings (SSSR count). The minimum Gasteiger partial charge on any atom is -0.299 e. The zero-order chi connectivity index (χ0) is 12.3. The summed E-state index contributed by atoms with van der Waals surface area (Å²) in [5.74, 6) is 0.166. The van der Waals surface area contributed by atoms with Crippen LogP contribution in [0.5, 0.6) is 0 Å². The van der Waals surface area contributed by atoms with E-state index in [1.165, 1.54) is 11.3 Å². The lowest BCUT2D eigenvalue weighted by atomic mass is 10.1. The van der Waals surface area contributed by atoms with Gasteiger partial charge in [0.2, 0.25) is 0 Å². The van der Waals surface area contributed by atoms with E-state index in [4.69, 9.17) is 0 Å². The molecule has 2 aromatic rings. The van der Waals surface area contributed by atoms with Crippen LogP contribution in [0.15, 0.2) is 28.3 Å². The molecule has 0 aromatic carbocycles. The van der Waals surface area contributed by atoms with Gasteiger partial charge in [-0.05, 0) is 34.5 Å². The third-order valence-electron chi connectivity index (χ3n) is 2.18. The standard InChI is InChI=1S/C12H11BrN2OS/c1-8-7-17-12(15-8)4-11(16)3-9-2-10(13)6-14-5-9/h2,5-7H,3-4H2,1H3. The average molecular weight is 311 g/mol. The molecule has 0 atom stereocenters. The number of thiazole rings is 1. The molecule has 2 heterocycles. The Labute approximate surface area is 112 Å². The van der Waals surface area contributed by atoms with E-state index in [0.29, 0.717) is 12.8 Å².